The van der Waals surface area contributed by atoms with Crippen molar-refractivity contribution in [3.63, 3.8) is 0 Å². The van der Waals surface area contributed by atoms with E-state index in [9.17, 15) is 0 Å². The first-order valence-electron chi connectivity index (χ1n) is 2.91. The summed E-state index contributed by atoms with van der Waals surface area (Å²) in [7, 11) is 0. The zero-order chi connectivity index (χ0) is 7.98. The van der Waals surface area contributed by atoms with E-state index in [1.807, 2.05) is 0 Å². The van der Waals surface area contributed by atoms with Crippen LogP contribution in [0.5, 0.6) is 0 Å². The standard InChI is InChI=1S/C5H12O5/c6-1-2-10-5(9)4(8)3-7/h4-9H,1-3H2/t4-,5+/m1/s1. The molecule has 0 spiro atoms. The van der Waals surface area contributed by atoms with E-state index >= 15 is 0 Å². The van der Waals surface area contributed by atoms with Crippen LogP contribution in [-0.2, 0) is 4.74 Å². The van der Waals surface area contributed by atoms with Gasteiger partial charge in [0.2, 0.25) is 0 Å². The lowest BCUT2D eigenvalue weighted by molar-refractivity contribution is -0.174. The molecule has 5 nitrogen and oxygen atoms in total. The highest BCUT2D eigenvalue weighted by molar-refractivity contribution is 4.54. The summed E-state index contributed by atoms with van der Waals surface area (Å²) in [5, 5.41) is 33.8. The average molecular weight is 152 g/mol. The maximum Gasteiger partial charge on any atom is 0.183 e. The maximum absolute atomic E-state index is 8.71. The van der Waals surface area contributed by atoms with E-state index in [0.29, 0.717) is 0 Å². The van der Waals surface area contributed by atoms with Gasteiger partial charge in [-0.25, -0.2) is 0 Å². The Labute approximate surface area is 58.5 Å². The molecule has 0 rings (SSSR count). The Morgan fingerprint density at radius 2 is 1.80 bits per heavy atom. The van der Waals surface area contributed by atoms with Crippen LogP contribution >= 0.6 is 0 Å². The summed E-state index contributed by atoms with van der Waals surface area (Å²) in [5.41, 5.74) is 0. The summed E-state index contributed by atoms with van der Waals surface area (Å²) >= 11 is 0. The molecule has 0 bridgehead atoms. The predicted molar refractivity (Wildman–Crippen MR) is 32.1 cm³/mol. The molecule has 0 heterocycles. The highest BCUT2D eigenvalue weighted by Gasteiger charge is 2.14. The van der Waals surface area contributed by atoms with Crippen LogP contribution in [0.1, 0.15) is 0 Å². The second-order valence-corrected chi connectivity index (χ2v) is 1.73. The Balaban J connectivity index is 3.31. The third kappa shape index (κ3) is 3.76. The van der Waals surface area contributed by atoms with Crippen molar-refractivity contribution in [2.24, 2.45) is 0 Å². The van der Waals surface area contributed by atoms with Gasteiger partial charge in [-0.05, 0) is 0 Å². The first-order valence-corrected chi connectivity index (χ1v) is 2.91. The SMILES string of the molecule is OCCO[C@H](O)[C@H](O)CO. The van der Waals surface area contributed by atoms with E-state index in [-0.39, 0.29) is 13.2 Å². The van der Waals surface area contributed by atoms with E-state index in [0.717, 1.165) is 0 Å². The van der Waals surface area contributed by atoms with Gasteiger partial charge in [-0.3, -0.25) is 0 Å². The van der Waals surface area contributed by atoms with Crippen molar-refractivity contribution in [1.29, 1.82) is 0 Å². The molecule has 0 aliphatic heterocycles. The minimum absolute atomic E-state index is 0.0573. The van der Waals surface area contributed by atoms with Crippen LogP contribution in [-0.4, -0.2) is 52.6 Å². The van der Waals surface area contributed by atoms with Gasteiger partial charge in [0.1, 0.15) is 6.10 Å². The summed E-state index contributed by atoms with van der Waals surface area (Å²) in [6.07, 6.45) is -2.72. The Morgan fingerprint density at radius 3 is 2.20 bits per heavy atom. The Morgan fingerprint density at radius 1 is 1.20 bits per heavy atom. The molecular weight excluding hydrogens is 140 g/mol. The Hall–Kier alpha value is -0.200. The molecule has 4 N–H and O–H groups in total. The lowest BCUT2D eigenvalue weighted by Gasteiger charge is -2.14. The first-order chi connectivity index (χ1) is 4.72. The van der Waals surface area contributed by atoms with Crippen molar-refractivity contribution < 1.29 is 25.2 Å². The monoisotopic (exact) mass is 152 g/mol. The smallest absolute Gasteiger partial charge is 0.183 e. The molecule has 2 atom stereocenters. The van der Waals surface area contributed by atoms with Gasteiger partial charge in [0.15, 0.2) is 6.29 Å². The number of rotatable bonds is 5. The lowest BCUT2D eigenvalue weighted by Crippen LogP contribution is -2.32. The van der Waals surface area contributed by atoms with Gasteiger partial charge < -0.3 is 25.2 Å². The molecular formula is C5H12O5. The van der Waals surface area contributed by atoms with Crippen LogP contribution in [0.25, 0.3) is 0 Å². The fourth-order valence-electron chi connectivity index (χ4n) is 0.375. The summed E-state index contributed by atoms with van der Waals surface area (Å²) in [5.74, 6) is 0. The van der Waals surface area contributed by atoms with E-state index in [1.165, 1.54) is 0 Å². The predicted octanol–water partition coefficient (Wildman–Crippen LogP) is -2.33. The zero-order valence-electron chi connectivity index (χ0n) is 5.47. The van der Waals surface area contributed by atoms with Crippen LogP contribution in [0.2, 0.25) is 0 Å². The fourth-order valence-corrected chi connectivity index (χ4v) is 0.375. The second kappa shape index (κ2) is 5.57. The Kier molecular flexibility index (Phi) is 5.46. The fraction of sp³-hybridized carbons (Fsp3) is 1.00. The van der Waals surface area contributed by atoms with E-state index in [2.05, 4.69) is 4.74 Å². The molecule has 62 valence electrons. The topological polar surface area (TPSA) is 90.2 Å². The van der Waals surface area contributed by atoms with Crippen LogP contribution in [0.3, 0.4) is 0 Å². The van der Waals surface area contributed by atoms with Crippen molar-refractivity contribution in [3.05, 3.63) is 0 Å². The van der Waals surface area contributed by atoms with E-state index < -0.39 is 19.0 Å². The molecule has 0 saturated heterocycles. The average Bonchev–Trinajstić information content (AvgIpc) is 1.98. The molecule has 0 aromatic rings. The van der Waals surface area contributed by atoms with Crippen molar-refractivity contribution in [3.8, 4) is 0 Å². The van der Waals surface area contributed by atoms with Crippen LogP contribution in [0.15, 0.2) is 0 Å². The maximum atomic E-state index is 8.71. The number of aliphatic hydroxyl groups excluding tert-OH is 4. The third-order valence-electron chi connectivity index (χ3n) is 0.896. The third-order valence-corrected chi connectivity index (χ3v) is 0.896. The van der Waals surface area contributed by atoms with Gasteiger partial charge in [0.05, 0.1) is 19.8 Å². The molecule has 0 fully saturated rings. The van der Waals surface area contributed by atoms with Crippen molar-refractivity contribution >= 4 is 0 Å². The first kappa shape index (κ1) is 9.80. The second-order valence-electron chi connectivity index (χ2n) is 1.73. The molecule has 0 radical (unpaired) electrons. The minimum Gasteiger partial charge on any atom is -0.394 e. The van der Waals surface area contributed by atoms with Gasteiger partial charge in [-0.15, -0.1) is 0 Å². The number of hydrogen-bond donors (Lipinski definition) is 4. The Bertz CT molecular complexity index is 76.4. The lowest BCUT2D eigenvalue weighted by atomic mass is 10.4. The molecule has 0 aromatic heterocycles. The molecule has 0 amide bonds. The molecule has 0 saturated carbocycles. The number of aliphatic hydroxyl groups is 4. The number of hydrogen-bond acceptors (Lipinski definition) is 5. The van der Waals surface area contributed by atoms with Crippen LogP contribution in [0.4, 0.5) is 0 Å². The van der Waals surface area contributed by atoms with Crippen molar-refractivity contribution in [2.45, 2.75) is 12.4 Å². The summed E-state index contributed by atoms with van der Waals surface area (Å²) < 4.78 is 4.44. The van der Waals surface area contributed by atoms with E-state index in [4.69, 9.17) is 20.4 Å². The number of ether oxygens (including phenoxy) is 1. The van der Waals surface area contributed by atoms with Crippen molar-refractivity contribution in [1.82, 2.24) is 0 Å². The van der Waals surface area contributed by atoms with Gasteiger partial charge in [0.25, 0.3) is 0 Å². The zero-order valence-corrected chi connectivity index (χ0v) is 5.47. The highest BCUT2D eigenvalue weighted by atomic mass is 16.6. The molecule has 0 aliphatic carbocycles. The summed E-state index contributed by atoms with van der Waals surface area (Å²) in [6, 6.07) is 0. The van der Waals surface area contributed by atoms with Crippen LogP contribution < -0.4 is 0 Å². The molecule has 5 heteroatoms. The van der Waals surface area contributed by atoms with Gasteiger partial charge >= 0.3 is 0 Å². The molecule has 0 aromatic carbocycles. The van der Waals surface area contributed by atoms with Gasteiger partial charge in [-0.2, -0.15) is 0 Å². The molecule has 0 aliphatic rings. The largest absolute Gasteiger partial charge is 0.394 e. The molecule has 10 heavy (non-hydrogen) atoms. The summed E-state index contributed by atoms with van der Waals surface area (Å²) in [6.45, 7) is -0.847. The van der Waals surface area contributed by atoms with E-state index in [1.54, 1.807) is 0 Å². The normalized spacial score (nSPS) is 16.8. The highest BCUT2D eigenvalue weighted by Crippen LogP contribution is 1.93. The van der Waals surface area contributed by atoms with Gasteiger partial charge in [-0.1, -0.05) is 0 Å². The molecule has 0 unspecified atom stereocenters. The van der Waals surface area contributed by atoms with Crippen LogP contribution in [0, 0.1) is 0 Å². The summed E-state index contributed by atoms with van der Waals surface area (Å²) in [4.78, 5) is 0. The quantitative estimate of drug-likeness (QED) is 0.332. The minimum atomic E-state index is -1.42. The van der Waals surface area contributed by atoms with Gasteiger partial charge in [0, 0.05) is 0 Å². The van der Waals surface area contributed by atoms with Crippen molar-refractivity contribution in [2.75, 3.05) is 19.8 Å².